The van der Waals surface area contributed by atoms with E-state index < -0.39 is 14.2 Å². The van der Waals surface area contributed by atoms with Gasteiger partial charge in [0.25, 0.3) is 0 Å². The van der Waals surface area contributed by atoms with Gasteiger partial charge < -0.3 is 0 Å². The largest absolute Gasteiger partial charge is 0.368 e. The summed E-state index contributed by atoms with van der Waals surface area (Å²) < 4.78 is -0.600. The van der Waals surface area contributed by atoms with Crippen LogP contribution in [0.1, 0.15) is 12.5 Å². The molecule has 1 rings (SSSR count). The van der Waals surface area contributed by atoms with E-state index in [0.29, 0.717) is 6.42 Å². The summed E-state index contributed by atoms with van der Waals surface area (Å²) in [6.45, 7) is 5.02. The maximum atomic E-state index is 11.2. The van der Waals surface area contributed by atoms with Crippen LogP contribution in [0.15, 0.2) is 42.5 Å². The number of rotatable bonds is 6. The van der Waals surface area contributed by atoms with Crippen LogP contribution in [0.3, 0.4) is 0 Å². The van der Waals surface area contributed by atoms with Crippen molar-refractivity contribution in [3.05, 3.63) is 48.0 Å². The molecule has 6 heteroatoms. The van der Waals surface area contributed by atoms with Crippen molar-refractivity contribution >= 4 is 53.8 Å². The molecule has 19 heavy (non-hydrogen) atoms. The molecular weight excluding hydrogens is 444 g/mol. The summed E-state index contributed by atoms with van der Waals surface area (Å²) in [7, 11) is 0. The van der Waals surface area contributed by atoms with Crippen molar-refractivity contribution in [1.82, 2.24) is 0 Å². The fourth-order valence-corrected chi connectivity index (χ4v) is 2.21. The molecule has 3 nitrogen and oxygen atoms in total. The van der Waals surface area contributed by atoms with Gasteiger partial charge in [0.05, 0.1) is 0 Å². The van der Waals surface area contributed by atoms with Gasteiger partial charge >= 0.3 is 5.97 Å². The highest BCUT2D eigenvalue weighted by Gasteiger charge is 2.35. The Kier molecular flexibility index (Phi) is 6.73. The molecule has 0 bridgehead atoms. The third-order valence-corrected chi connectivity index (χ3v) is 5.73. The molecule has 104 valence electrons. The molecule has 1 unspecified atom stereocenters. The number of carbonyl (C=O) groups is 1. The minimum Gasteiger partial charge on any atom is -0.292 e. The number of hydrogen-bond donors (Lipinski definition) is 0. The van der Waals surface area contributed by atoms with Gasteiger partial charge in [-0.2, -0.15) is 4.89 Å². The maximum absolute atomic E-state index is 11.2. The summed E-state index contributed by atoms with van der Waals surface area (Å²) in [6.07, 6.45) is 0.633. The molecule has 0 N–H and O–H groups in total. The van der Waals surface area contributed by atoms with Crippen molar-refractivity contribution in [1.29, 1.82) is 0 Å². The summed E-state index contributed by atoms with van der Waals surface area (Å²) in [5.74, 6) is -0.597. The van der Waals surface area contributed by atoms with Crippen LogP contribution < -0.4 is 0 Å². The molecule has 1 atom stereocenters. The Bertz CT molecular complexity index is 446. The van der Waals surface area contributed by atoms with E-state index in [1.807, 2.05) is 30.3 Å². The van der Waals surface area contributed by atoms with Crippen molar-refractivity contribution in [3.8, 4) is 0 Å². The Labute approximate surface area is 137 Å². The Morgan fingerprint density at radius 1 is 1.37 bits per heavy atom. The first-order chi connectivity index (χ1) is 8.83. The first kappa shape index (κ1) is 16.9. The molecule has 1 aromatic rings. The van der Waals surface area contributed by atoms with E-state index in [1.54, 1.807) is 6.92 Å². The van der Waals surface area contributed by atoms with Crippen LogP contribution in [0.25, 0.3) is 0 Å². The van der Waals surface area contributed by atoms with Crippen LogP contribution in [-0.4, -0.2) is 14.2 Å². The van der Waals surface area contributed by atoms with E-state index in [-0.39, 0.29) is 5.57 Å². The summed E-state index contributed by atoms with van der Waals surface area (Å²) in [5.41, 5.74) is 1.38. The Morgan fingerprint density at radius 2 is 1.95 bits per heavy atom. The van der Waals surface area contributed by atoms with Crippen molar-refractivity contribution in [2.45, 2.75) is 21.6 Å². The van der Waals surface area contributed by atoms with Gasteiger partial charge in [-0.15, -0.1) is 0 Å². The van der Waals surface area contributed by atoms with Crippen LogP contribution in [0.4, 0.5) is 0 Å². The first-order valence-corrected chi connectivity index (χ1v) is 7.92. The quantitative estimate of drug-likeness (QED) is 0.274. The Balaban J connectivity index is 2.56. The molecule has 0 spiro atoms. The van der Waals surface area contributed by atoms with Gasteiger partial charge in [-0.25, -0.2) is 4.79 Å². The number of hydrogen-bond acceptors (Lipinski definition) is 3. The van der Waals surface area contributed by atoms with Crippen molar-refractivity contribution < 1.29 is 14.6 Å². The Hall–Kier alpha value is -0.170. The van der Waals surface area contributed by atoms with E-state index in [9.17, 15) is 4.79 Å². The fourth-order valence-electron chi connectivity index (χ4n) is 1.18. The molecular formula is C13H13Br3O3. The highest BCUT2D eigenvalue weighted by atomic mass is 79.9. The standard InChI is InChI=1S/C13H13Br3O3/c1-9(2)11(17)18-19-12(14)13(15,16)8-10-6-4-3-5-7-10/h3-7,12H,1,8H2,2H3. The number of carbonyl (C=O) groups excluding carboxylic acids is 1. The predicted octanol–water partition coefficient (Wildman–Crippen LogP) is 4.49. The van der Waals surface area contributed by atoms with E-state index in [1.165, 1.54) is 0 Å². The van der Waals surface area contributed by atoms with Gasteiger partial charge in [-0.1, -0.05) is 84.7 Å². The van der Waals surface area contributed by atoms with Gasteiger partial charge in [-0.05, 0) is 12.5 Å². The van der Waals surface area contributed by atoms with Crippen LogP contribution in [-0.2, 0) is 21.0 Å². The summed E-state index contributed by atoms with van der Waals surface area (Å²) in [4.78, 5) is 20.9. The van der Waals surface area contributed by atoms with Crippen molar-refractivity contribution in [3.63, 3.8) is 0 Å². The van der Waals surface area contributed by atoms with Crippen molar-refractivity contribution in [2.24, 2.45) is 0 Å². The minimum atomic E-state index is -0.600. The molecule has 0 saturated carbocycles. The summed E-state index contributed by atoms with van der Waals surface area (Å²) in [6, 6.07) is 9.85. The average molecular weight is 457 g/mol. The average Bonchev–Trinajstić information content (AvgIpc) is 2.35. The monoisotopic (exact) mass is 454 g/mol. The SMILES string of the molecule is C=C(C)C(=O)OOC(Br)C(Br)(Br)Cc1ccccc1. The summed E-state index contributed by atoms with van der Waals surface area (Å²) in [5, 5.41) is -0.566. The van der Waals surface area contributed by atoms with Gasteiger partial charge in [0, 0.05) is 12.0 Å². The zero-order valence-corrected chi connectivity index (χ0v) is 15.0. The third-order valence-electron chi connectivity index (χ3n) is 2.17. The molecule has 1 aromatic carbocycles. The second-order valence-electron chi connectivity index (χ2n) is 3.99. The van der Waals surface area contributed by atoms with Crippen LogP contribution >= 0.6 is 47.8 Å². The lowest BCUT2D eigenvalue weighted by molar-refractivity contribution is -0.275. The van der Waals surface area contributed by atoms with Crippen molar-refractivity contribution in [2.75, 3.05) is 0 Å². The van der Waals surface area contributed by atoms with Crippen LogP contribution in [0, 0.1) is 0 Å². The van der Waals surface area contributed by atoms with Gasteiger partial charge in [0.2, 0.25) is 0 Å². The molecule has 0 aliphatic carbocycles. The molecule has 0 heterocycles. The zero-order valence-electron chi connectivity index (χ0n) is 10.2. The molecule has 0 aliphatic rings. The lowest BCUT2D eigenvalue weighted by Crippen LogP contribution is -2.31. The lowest BCUT2D eigenvalue weighted by atomic mass is 10.1. The van der Waals surface area contributed by atoms with E-state index in [4.69, 9.17) is 4.89 Å². The smallest absolute Gasteiger partial charge is 0.292 e. The predicted molar refractivity (Wildman–Crippen MR) is 85.4 cm³/mol. The molecule has 0 amide bonds. The molecule has 0 aromatic heterocycles. The molecule has 0 fully saturated rings. The maximum Gasteiger partial charge on any atom is 0.368 e. The lowest BCUT2D eigenvalue weighted by Gasteiger charge is -2.24. The normalized spacial score (nSPS) is 12.8. The first-order valence-electron chi connectivity index (χ1n) is 5.42. The summed E-state index contributed by atoms with van der Waals surface area (Å²) >= 11 is 10.3. The number of halogens is 3. The fraction of sp³-hybridized carbons (Fsp3) is 0.308. The van der Waals surface area contributed by atoms with E-state index in [0.717, 1.165) is 5.56 Å². The molecule has 0 radical (unpaired) electrons. The minimum absolute atomic E-state index is 0.275. The molecule has 0 aliphatic heterocycles. The Morgan fingerprint density at radius 3 is 2.47 bits per heavy atom. The highest BCUT2D eigenvalue weighted by Crippen LogP contribution is 2.38. The highest BCUT2D eigenvalue weighted by molar-refractivity contribution is 9.26. The second-order valence-corrected chi connectivity index (χ2v) is 8.71. The van der Waals surface area contributed by atoms with E-state index in [2.05, 4.69) is 59.3 Å². The van der Waals surface area contributed by atoms with Gasteiger partial charge in [0.1, 0.15) is 3.23 Å². The van der Waals surface area contributed by atoms with E-state index >= 15 is 0 Å². The number of alkyl halides is 3. The third kappa shape index (κ3) is 5.77. The second kappa shape index (κ2) is 7.57. The van der Waals surface area contributed by atoms with Crippen LogP contribution in [0.2, 0.25) is 0 Å². The van der Waals surface area contributed by atoms with Gasteiger partial charge in [-0.3, -0.25) is 4.89 Å². The number of benzene rings is 1. The topological polar surface area (TPSA) is 35.5 Å². The molecule has 0 saturated heterocycles. The van der Waals surface area contributed by atoms with Gasteiger partial charge in [0.15, 0.2) is 5.01 Å². The van der Waals surface area contributed by atoms with Crippen LogP contribution in [0.5, 0.6) is 0 Å². The zero-order chi connectivity index (χ0) is 14.5.